The summed E-state index contributed by atoms with van der Waals surface area (Å²) in [6.45, 7) is 1.87. The summed E-state index contributed by atoms with van der Waals surface area (Å²) in [6, 6.07) is 7.95. The van der Waals surface area contributed by atoms with Crippen molar-refractivity contribution >= 4 is 15.9 Å². The van der Waals surface area contributed by atoms with Gasteiger partial charge in [0.25, 0.3) is 0 Å². The highest BCUT2D eigenvalue weighted by atomic mass is 79.9. The molecule has 1 atom stereocenters. The first-order valence-electron chi connectivity index (χ1n) is 5.13. The molecule has 0 aliphatic carbocycles. The topological polar surface area (TPSA) is 33.1 Å². The van der Waals surface area contributed by atoms with Crippen LogP contribution in [-0.4, -0.2) is 10.1 Å². The second-order valence-corrected chi connectivity index (χ2v) is 4.75. The van der Waals surface area contributed by atoms with Gasteiger partial charge in [-0.05, 0) is 36.8 Å². The van der Waals surface area contributed by atoms with E-state index in [9.17, 15) is 9.50 Å². The van der Waals surface area contributed by atoms with Crippen LogP contribution in [0, 0.1) is 12.7 Å². The van der Waals surface area contributed by atoms with Crippen LogP contribution < -0.4 is 0 Å². The third-order valence-corrected chi connectivity index (χ3v) is 2.91. The summed E-state index contributed by atoms with van der Waals surface area (Å²) in [7, 11) is 0. The molecule has 2 rings (SSSR count). The van der Waals surface area contributed by atoms with Gasteiger partial charge in [0.05, 0.1) is 0 Å². The summed E-state index contributed by atoms with van der Waals surface area (Å²) >= 11 is 3.20. The minimum absolute atomic E-state index is 0.381. The Morgan fingerprint density at radius 1 is 1.24 bits per heavy atom. The summed E-state index contributed by atoms with van der Waals surface area (Å²) in [5, 5.41) is 10.1. The Balaban J connectivity index is 2.36. The maximum Gasteiger partial charge on any atom is 0.124 e. The van der Waals surface area contributed by atoms with Gasteiger partial charge >= 0.3 is 0 Å². The Labute approximate surface area is 107 Å². The molecule has 0 saturated heterocycles. The van der Waals surface area contributed by atoms with Crippen LogP contribution in [0.5, 0.6) is 0 Å². The van der Waals surface area contributed by atoms with Crippen LogP contribution >= 0.6 is 15.9 Å². The molecule has 0 saturated carbocycles. The van der Waals surface area contributed by atoms with E-state index in [1.54, 1.807) is 18.3 Å². The molecule has 0 aliphatic heterocycles. The second kappa shape index (κ2) is 4.94. The van der Waals surface area contributed by atoms with Crippen molar-refractivity contribution in [3.8, 4) is 0 Å². The Bertz CT molecular complexity index is 507. The van der Waals surface area contributed by atoms with Gasteiger partial charge < -0.3 is 5.11 Å². The number of aromatic nitrogens is 1. The van der Waals surface area contributed by atoms with Crippen LogP contribution in [-0.2, 0) is 0 Å². The van der Waals surface area contributed by atoms with E-state index in [-0.39, 0.29) is 5.82 Å². The van der Waals surface area contributed by atoms with Gasteiger partial charge in [-0.25, -0.2) is 4.39 Å². The lowest BCUT2D eigenvalue weighted by atomic mass is 10.0. The average Bonchev–Trinajstić information content (AvgIpc) is 2.28. The number of pyridine rings is 1. The quantitative estimate of drug-likeness (QED) is 0.921. The average molecular weight is 296 g/mol. The van der Waals surface area contributed by atoms with E-state index >= 15 is 0 Å². The number of hydrogen-bond acceptors (Lipinski definition) is 2. The number of hydrogen-bond donors (Lipinski definition) is 1. The minimum Gasteiger partial charge on any atom is -0.384 e. The van der Waals surface area contributed by atoms with Crippen molar-refractivity contribution in [2.45, 2.75) is 13.0 Å². The highest BCUT2D eigenvalue weighted by Gasteiger charge is 2.12. The summed E-state index contributed by atoms with van der Waals surface area (Å²) in [5.41, 5.74) is 2.03. The van der Waals surface area contributed by atoms with Crippen molar-refractivity contribution in [2.75, 3.05) is 0 Å². The van der Waals surface area contributed by atoms with Crippen LogP contribution in [0.2, 0.25) is 0 Å². The third kappa shape index (κ3) is 2.90. The summed E-state index contributed by atoms with van der Waals surface area (Å²) in [4.78, 5) is 4.11. The number of halogens is 2. The Kier molecular flexibility index (Phi) is 3.54. The SMILES string of the molecule is Cc1ccc(C(O)c2cc(F)cc(Br)c2)cn1. The normalized spacial score (nSPS) is 12.5. The number of aliphatic hydroxyl groups is 1. The molecule has 0 amide bonds. The van der Waals surface area contributed by atoms with E-state index in [0.717, 1.165) is 5.69 Å². The van der Waals surface area contributed by atoms with Crippen molar-refractivity contribution in [2.24, 2.45) is 0 Å². The van der Waals surface area contributed by atoms with Gasteiger partial charge in [0.15, 0.2) is 0 Å². The van der Waals surface area contributed by atoms with Crippen LogP contribution in [0.4, 0.5) is 4.39 Å². The zero-order valence-electron chi connectivity index (χ0n) is 9.19. The van der Waals surface area contributed by atoms with Gasteiger partial charge in [-0.3, -0.25) is 4.98 Å². The van der Waals surface area contributed by atoms with E-state index in [1.165, 1.54) is 12.1 Å². The van der Waals surface area contributed by atoms with Gasteiger partial charge in [0.2, 0.25) is 0 Å². The molecule has 0 radical (unpaired) electrons. The van der Waals surface area contributed by atoms with Gasteiger partial charge in [-0.1, -0.05) is 22.0 Å². The fourth-order valence-electron chi connectivity index (χ4n) is 1.57. The maximum atomic E-state index is 13.2. The molecule has 2 aromatic rings. The summed E-state index contributed by atoms with van der Waals surface area (Å²) in [6.07, 6.45) is 0.730. The monoisotopic (exact) mass is 295 g/mol. The van der Waals surface area contributed by atoms with Crippen LogP contribution in [0.1, 0.15) is 22.9 Å². The van der Waals surface area contributed by atoms with E-state index in [2.05, 4.69) is 20.9 Å². The van der Waals surface area contributed by atoms with Crippen molar-refractivity contribution in [3.63, 3.8) is 0 Å². The predicted octanol–water partition coefficient (Wildman–Crippen LogP) is 3.37. The Hall–Kier alpha value is -1.26. The van der Waals surface area contributed by atoms with E-state index in [4.69, 9.17) is 0 Å². The maximum absolute atomic E-state index is 13.2. The molecular weight excluding hydrogens is 285 g/mol. The molecule has 1 aromatic carbocycles. The van der Waals surface area contributed by atoms with Crippen LogP contribution in [0.15, 0.2) is 41.0 Å². The first-order valence-corrected chi connectivity index (χ1v) is 5.92. The van der Waals surface area contributed by atoms with Crippen LogP contribution in [0.3, 0.4) is 0 Å². The molecule has 1 heterocycles. The van der Waals surface area contributed by atoms with Gasteiger partial charge in [-0.15, -0.1) is 0 Å². The number of benzene rings is 1. The molecule has 88 valence electrons. The molecule has 1 aromatic heterocycles. The van der Waals surface area contributed by atoms with Crippen molar-refractivity contribution in [3.05, 3.63) is 63.6 Å². The highest BCUT2D eigenvalue weighted by Crippen LogP contribution is 2.25. The first kappa shape index (κ1) is 12.2. The van der Waals surface area contributed by atoms with Crippen molar-refractivity contribution in [1.82, 2.24) is 4.98 Å². The van der Waals surface area contributed by atoms with E-state index in [0.29, 0.717) is 15.6 Å². The fraction of sp³-hybridized carbons (Fsp3) is 0.154. The molecule has 17 heavy (non-hydrogen) atoms. The van der Waals surface area contributed by atoms with Gasteiger partial charge in [0.1, 0.15) is 11.9 Å². The molecule has 2 nitrogen and oxygen atoms in total. The zero-order valence-corrected chi connectivity index (χ0v) is 10.8. The van der Waals surface area contributed by atoms with E-state index < -0.39 is 6.10 Å². The minimum atomic E-state index is -0.866. The number of aliphatic hydroxyl groups excluding tert-OH is 1. The highest BCUT2D eigenvalue weighted by molar-refractivity contribution is 9.10. The van der Waals surface area contributed by atoms with Gasteiger partial charge in [-0.2, -0.15) is 0 Å². The van der Waals surface area contributed by atoms with Crippen molar-refractivity contribution in [1.29, 1.82) is 0 Å². The summed E-state index contributed by atoms with van der Waals surface area (Å²) in [5.74, 6) is -0.381. The summed E-state index contributed by atoms with van der Waals surface area (Å²) < 4.78 is 13.8. The smallest absolute Gasteiger partial charge is 0.124 e. The fourth-order valence-corrected chi connectivity index (χ4v) is 2.05. The van der Waals surface area contributed by atoms with E-state index in [1.807, 2.05) is 13.0 Å². The first-order chi connectivity index (χ1) is 8.06. The Morgan fingerprint density at radius 2 is 2.00 bits per heavy atom. The predicted molar refractivity (Wildman–Crippen MR) is 67.1 cm³/mol. The number of aryl methyl sites for hydroxylation is 1. The molecule has 0 fully saturated rings. The lowest BCUT2D eigenvalue weighted by molar-refractivity contribution is 0.219. The zero-order chi connectivity index (χ0) is 12.4. The molecule has 0 aliphatic rings. The van der Waals surface area contributed by atoms with Crippen LogP contribution in [0.25, 0.3) is 0 Å². The molecule has 1 N–H and O–H groups in total. The molecule has 1 unspecified atom stereocenters. The second-order valence-electron chi connectivity index (χ2n) is 3.84. The van der Waals surface area contributed by atoms with Gasteiger partial charge in [0, 0.05) is 21.9 Å². The lowest BCUT2D eigenvalue weighted by Crippen LogP contribution is -2.01. The molecule has 4 heteroatoms. The molecular formula is C13H11BrFNO. The largest absolute Gasteiger partial charge is 0.384 e. The standard InChI is InChI=1S/C13H11BrFNO/c1-8-2-3-9(7-16-8)13(17)10-4-11(14)6-12(15)5-10/h2-7,13,17H,1H3. The van der Waals surface area contributed by atoms with Crippen molar-refractivity contribution < 1.29 is 9.50 Å². The number of rotatable bonds is 2. The lowest BCUT2D eigenvalue weighted by Gasteiger charge is -2.11. The number of nitrogens with zero attached hydrogens (tertiary/aromatic N) is 1. The Morgan fingerprint density at radius 3 is 2.59 bits per heavy atom. The molecule has 0 bridgehead atoms. The third-order valence-electron chi connectivity index (χ3n) is 2.45. The molecule has 0 spiro atoms.